The first-order chi connectivity index (χ1) is 6.27. The predicted molar refractivity (Wildman–Crippen MR) is 51.3 cm³/mol. The lowest BCUT2D eigenvalue weighted by molar-refractivity contribution is 0.323. The van der Waals surface area contributed by atoms with E-state index in [9.17, 15) is 4.39 Å². The molecule has 2 nitrogen and oxygen atoms in total. The van der Waals surface area contributed by atoms with Crippen LogP contribution in [0.4, 0.5) is 4.39 Å². The summed E-state index contributed by atoms with van der Waals surface area (Å²) in [5.74, 6) is 0.518. The molecular formula is C9H9BrFNO. The SMILES string of the molecule is Fc1cc(Br)c2c(c1)CNCCO2. The molecule has 0 radical (unpaired) electrons. The van der Waals surface area contributed by atoms with E-state index in [4.69, 9.17) is 4.74 Å². The molecule has 1 aliphatic rings. The normalized spacial score (nSPS) is 15.8. The molecule has 0 saturated heterocycles. The Morgan fingerprint density at radius 3 is 3.15 bits per heavy atom. The molecule has 1 N–H and O–H groups in total. The lowest BCUT2D eigenvalue weighted by Gasteiger charge is -2.08. The number of fused-ring (bicyclic) bond motifs is 1. The molecule has 0 fully saturated rings. The molecule has 13 heavy (non-hydrogen) atoms. The highest BCUT2D eigenvalue weighted by Crippen LogP contribution is 2.31. The summed E-state index contributed by atoms with van der Waals surface area (Å²) in [6.07, 6.45) is 0. The van der Waals surface area contributed by atoms with Crippen molar-refractivity contribution in [3.63, 3.8) is 0 Å². The van der Waals surface area contributed by atoms with Crippen molar-refractivity contribution in [2.24, 2.45) is 0 Å². The summed E-state index contributed by atoms with van der Waals surface area (Å²) >= 11 is 3.27. The van der Waals surface area contributed by atoms with Crippen molar-refractivity contribution in [2.75, 3.05) is 13.2 Å². The van der Waals surface area contributed by atoms with Gasteiger partial charge in [0.25, 0.3) is 0 Å². The molecule has 0 amide bonds. The number of nitrogens with one attached hydrogen (secondary N) is 1. The molecule has 1 aromatic rings. The van der Waals surface area contributed by atoms with Crippen molar-refractivity contribution in [1.29, 1.82) is 0 Å². The Morgan fingerprint density at radius 2 is 2.31 bits per heavy atom. The maximum atomic E-state index is 13.0. The first-order valence-corrected chi connectivity index (χ1v) is 4.88. The standard InChI is InChI=1S/C9H9BrFNO/c10-8-4-7(11)3-6-5-12-1-2-13-9(6)8/h3-4,12H,1-2,5H2. The van der Waals surface area contributed by atoms with Crippen LogP contribution in [0, 0.1) is 5.82 Å². The van der Waals surface area contributed by atoms with E-state index in [-0.39, 0.29) is 5.82 Å². The summed E-state index contributed by atoms with van der Waals surface area (Å²) in [4.78, 5) is 0. The van der Waals surface area contributed by atoms with Gasteiger partial charge in [0.15, 0.2) is 0 Å². The third kappa shape index (κ3) is 1.84. The maximum absolute atomic E-state index is 13.0. The second-order valence-corrected chi connectivity index (χ2v) is 3.76. The average molecular weight is 246 g/mol. The minimum absolute atomic E-state index is 0.238. The molecule has 1 aromatic carbocycles. The lowest BCUT2D eigenvalue weighted by Crippen LogP contribution is -2.16. The van der Waals surface area contributed by atoms with Gasteiger partial charge in [-0.15, -0.1) is 0 Å². The Morgan fingerprint density at radius 1 is 1.46 bits per heavy atom. The number of hydrogen-bond donors (Lipinski definition) is 1. The summed E-state index contributed by atoms with van der Waals surface area (Å²) in [6, 6.07) is 2.92. The Bertz CT molecular complexity index is 330. The Balaban J connectivity index is 2.47. The number of ether oxygens (including phenoxy) is 1. The van der Waals surface area contributed by atoms with Crippen molar-refractivity contribution in [1.82, 2.24) is 5.32 Å². The largest absolute Gasteiger partial charge is 0.491 e. The first kappa shape index (κ1) is 8.97. The van der Waals surface area contributed by atoms with Crippen LogP contribution < -0.4 is 10.1 Å². The van der Waals surface area contributed by atoms with Gasteiger partial charge >= 0.3 is 0 Å². The fourth-order valence-electron chi connectivity index (χ4n) is 1.35. The van der Waals surface area contributed by atoms with Gasteiger partial charge in [-0.1, -0.05) is 0 Å². The van der Waals surface area contributed by atoms with Gasteiger partial charge in [-0.25, -0.2) is 4.39 Å². The molecule has 0 aromatic heterocycles. The molecule has 0 unspecified atom stereocenters. The van der Waals surface area contributed by atoms with Gasteiger partial charge in [-0.3, -0.25) is 0 Å². The van der Waals surface area contributed by atoms with Gasteiger partial charge < -0.3 is 10.1 Å². The monoisotopic (exact) mass is 245 g/mol. The highest BCUT2D eigenvalue weighted by molar-refractivity contribution is 9.10. The second-order valence-electron chi connectivity index (χ2n) is 2.90. The summed E-state index contributed by atoms with van der Waals surface area (Å²) in [5, 5.41) is 3.15. The Labute approximate surface area is 84.2 Å². The van der Waals surface area contributed by atoms with E-state index >= 15 is 0 Å². The third-order valence-corrected chi connectivity index (χ3v) is 2.52. The van der Waals surface area contributed by atoms with Crippen LogP contribution in [-0.4, -0.2) is 13.2 Å². The summed E-state index contributed by atoms with van der Waals surface area (Å²) in [6.45, 7) is 2.08. The van der Waals surface area contributed by atoms with E-state index in [2.05, 4.69) is 21.2 Å². The van der Waals surface area contributed by atoms with E-state index in [1.165, 1.54) is 12.1 Å². The number of halogens is 2. The van der Waals surface area contributed by atoms with E-state index in [0.717, 1.165) is 17.9 Å². The molecule has 0 spiro atoms. The van der Waals surface area contributed by atoms with E-state index < -0.39 is 0 Å². The first-order valence-electron chi connectivity index (χ1n) is 4.09. The van der Waals surface area contributed by atoms with Crippen molar-refractivity contribution in [2.45, 2.75) is 6.54 Å². The summed E-state index contributed by atoms with van der Waals surface area (Å²) < 4.78 is 19.1. The Kier molecular flexibility index (Phi) is 2.51. The number of benzene rings is 1. The van der Waals surface area contributed by atoms with Gasteiger partial charge in [0, 0.05) is 18.7 Å². The topological polar surface area (TPSA) is 21.3 Å². The fraction of sp³-hybridized carbons (Fsp3) is 0.333. The van der Waals surface area contributed by atoms with Gasteiger partial charge in [0.05, 0.1) is 4.47 Å². The summed E-state index contributed by atoms with van der Waals surface area (Å²) in [5.41, 5.74) is 0.865. The lowest BCUT2D eigenvalue weighted by atomic mass is 10.2. The summed E-state index contributed by atoms with van der Waals surface area (Å²) in [7, 11) is 0. The zero-order valence-electron chi connectivity index (χ0n) is 6.94. The van der Waals surface area contributed by atoms with Gasteiger partial charge in [0.1, 0.15) is 18.2 Å². The highest BCUT2D eigenvalue weighted by Gasteiger charge is 2.13. The van der Waals surface area contributed by atoms with Gasteiger partial charge in [-0.2, -0.15) is 0 Å². The fourth-order valence-corrected chi connectivity index (χ4v) is 1.94. The third-order valence-electron chi connectivity index (χ3n) is 1.93. The maximum Gasteiger partial charge on any atom is 0.138 e. The van der Waals surface area contributed by atoms with Crippen LogP contribution in [0.15, 0.2) is 16.6 Å². The van der Waals surface area contributed by atoms with Crippen LogP contribution in [0.5, 0.6) is 5.75 Å². The van der Waals surface area contributed by atoms with Crippen LogP contribution in [0.3, 0.4) is 0 Å². The molecular weight excluding hydrogens is 237 g/mol. The number of hydrogen-bond acceptors (Lipinski definition) is 2. The molecule has 1 aliphatic heterocycles. The molecule has 2 rings (SSSR count). The van der Waals surface area contributed by atoms with E-state index in [1.54, 1.807) is 0 Å². The minimum Gasteiger partial charge on any atom is -0.491 e. The van der Waals surface area contributed by atoms with Gasteiger partial charge in [-0.05, 0) is 28.1 Å². The van der Waals surface area contributed by atoms with E-state index in [0.29, 0.717) is 17.6 Å². The van der Waals surface area contributed by atoms with Gasteiger partial charge in [0.2, 0.25) is 0 Å². The molecule has 0 bridgehead atoms. The number of rotatable bonds is 0. The minimum atomic E-state index is -0.238. The molecule has 1 heterocycles. The van der Waals surface area contributed by atoms with Crippen molar-refractivity contribution >= 4 is 15.9 Å². The van der Waals surface area contributed by atoms with Crippen LogP contribution >= 0.6 is 15.9 Å². The zero-order valence-corrected chi connectivity index (χ0v) is 8.53. The predicted octanol–water partition coefficient (Wildman–Crippen LogP) is 2.07. The van der Waals surface area contributed by atoms with Crippen LogP contribution in [0.1, 0.15) is 5.56 Å². The zero-order chi connectivity index (χ0) is 9.26. The average Bonchev–Trinajstić information content (AvgIpc) is 2.28. The van der Waals surface area contributed by atoms with Crippen molar-refractivity contribution in [3.05, 3.63) is 28.0 Å². The Hall–Kier alpha value is -0.610. The smallest absolute Gasteiger partial charge is 0.138 e. The molecule has 0 aliphatic carbocycles. The highest BCUT2D eigenvalue weighted by atomic mass is 79.9. The van der Waals surface area contributed by atoms with Crippen LogP contribution in [0.2, 0.25) is 0 Å². The van der Waals surface area contributed by atoms with E-state index in [1.807, 2.05) is 0 Å². The van der Waals surface area contributed by atoms with Crippen LogP contribution in [0.25, 0.3) is 0 Å². The second kappa shape index (κ2) is 3.64. The molecule has 70 valence electrons. The molecule has 0 atom stereocenters. The molecule has 4 heteroatoms. The molecule has 0 saturated carbocycles. The van der Waals surface area contributed by atoms with Crippen LogP contribution in [-0.2, 0) is 6.54 Å². The van der Waals surface area contributed by atoms with Crippen molar-refractivity contribution < 1.29 is 9.13 Å². The quantitative estimate of drug-likeness (QED) is 0.756. The van der Waals surface area contributed by atoms with Crippen molar-refractivity contribution in [3.8, 4) is 5.75 Å².